The maximum absolute atomic E-state index is 12.5. The summed E-state index contributed by atoms with van der Waals surface area (Å²) in [4.78, 5) is 32.1. The van der Waals surface area contributed by atoms with Gasteiger partial charge in [-0.05, 0) is 37.6 Å². The molecule has 26 heavy (non-hydrogen) atoms. The van der Waals surface area contributed by atoms with Gasteiger partial charge >= 0.3 is 0 Å². The van der Waals surface area contributed by atoms with Crippen LogP contribution in [0.5, 0.6) is 0 Å². The molecular weight excluding hydrogens is 350 g/mol. The van der Waals surface area contributed by atoms with E-state index >= 15 is 0 Å². The highest BCUT2D eigenvalue weighted by atomic mass is 35.5. The van der Waals surface area contributed by atoms with Crippen molar-refractivity contribution in [3.8, 4) is 0 Å². The molecule has 0 aliphatic carbocycles. The van der Waals surface area contributed by atoms with Crippen LogP contribution in [0.3, 0.4) is 0 Å². The van der Waals surface area contributed by atoms with Crippen LogP contribution >= 0.6 is 11.6 Å². The van der Waals surface area contributed by atoms with Crippen LogP contribution in [0.15, 0.2) is 30.3 Å². The van der Waals surface area contributed by atoms with Gasteiger partial charge in [0.15, 0.2) is 5.78 Å². The van der Waals surface area contributed by atoms with E-state index in [1.807, 2.05) is 36.9 Å². The first-order valence-corrected chi connectivity index (χ1v) is 9.24. The van der Waals surface area contributed by atoms with Crippen LogP contribution in [-0.4, -0.2) is 59.2 Å². The summed E-state index contributed by atoms with van der Waals surface area (Å²) in [5, 5.41) is 0.673. The summed E-state index contributed by atoms with van der Waals surface area (Å²) in [7, 11) is 0. The lowest BCUT2D eigenvalue weighted by Gasteiger charge is -2.34. The number of aryl methyl sites for hydroxylation is 2. The van der Waals surface area contributed by atoms with Crippen molar-refractivity contribution >= 4 is 23.3 Å². The van der Waals surface area contributed by atoms with E-state index in [2.05, 4.69) is 9.88 Å². The van der Waals surface area contributed by atoms with E-state index in [-0.39, 0.29) is 11.7 Å². The first-order chi connectivity index (χ1) is 12.4. The van der Waals surface area contributed by atoms with Crippen molar-refractivity contribution in [3.63, 3.8) is 0 Å². The molecule has 1 saturated heterocycles. The topological polar surface area (TPSA) is 56.4 Å². The Kier molecular flexibility index (Phi) is 5.79. The molecule has 0 radical (unpaired) electrons. The predicted octanol–water partition coefficient (Wildman–Crippen LogP) is 2.85. The average molecular weight is 374 g/mol. The van der Waals surface area contributed by atoms with Crippen LogP contribution in [0.2, 0.25) is 5.02 Å². The van der Waals surface area contributed by atoms with Gasteiger partial charge in [-0.1, -0.05) is 23.7 Å². The molecule has 1 aliphatic rings. The number of hydrogen-bond acceptors (Lipinski definition) is 3. The highest BCUT2D eigenvalue weighted by molar-refractivity contribution is 6.30. The molecule has 2 heterocycles. The van der Waals surface area contributed by atoms with Gasteiger partial charge < -0.3 is 9.88 Å². The number of piperazine rings is 1. The number of amides is 1. The molecule has 1 aromatic heterocycles. The van der Waals surface area contributed by atoms with Crippen LogP contribution in [0.25, 0.3) is 0 Å². The molecule has 1 N–H and O–H groups in total. The number of nitrogens with one attached hydrogen (secondary N) is 1. The van der Waals surface area contributed by atoms with Crippen LogP contribution in [-0.2, 0) is 11.2 Å². The molecule has 0 unspecified atom stereocenters. The van der Waals surface area contributed by atoms with Crippen molar-refractivity contribution in [1.29, 1.82) is 0 Å². The Bertz CT molecular complexity index is 790. The SMILES string of the molecule is Cc1cc(C(=O)CN2CCN(C(=O)Cc3ccc(Cl)cc3)CC2)c(C)[nH]1. The molecule has 0 atom stereocenters. The maximum Gasteiger partial charge on any atom is 0.227 e. The van der Waals surface area contributed by atoms with Gasteiger partial charge in [0.25, 0.3) is 0 Å². The van der Waals surface area contributed by atoms with Gasteiger partial charge in [0, 0.05) is 48.2 Å². The van der Waals surface area contributed by atoms with E-state index in [1.54, 1.807) is 12.1 Å². The van der Waals surface area contributed by atoms with Crippen molar-refractivity contribution in [1.82, 2.24) is 14.8 Å². The second-order valence-electron chi connectivity index (χ2n) is 6.87. The molecule has 6 heteroatoms. The molecular formula is C20H24ClN3O2. The minimum Gasteiger partial charge on any atom is -0.362 e. The number of nitrogens with zero attached hydrogens (tertiary/aromatic N) is 2. The van der Waals surface area contributed by atoms with Crippen molar-refractivity contribution in [3.05, 3.63) is 57.9 Å². The molecule has 3 rings (SSSR count). The summed E-state index contributed by atoms with van der Waals surface area (Å²) >= 11 is 5.88. The van der Waals surface area contributed by atoms with Gasteiger partial charge in [-0.25, -0.2) is 0 Å². The Balaban J connectivity index is 1.49. The largest absolute Gasteiger partial charge is 0.362 e. The van der Waals surface area contributed by atoms with E-state index in [0.29, 0.717) is 31.1 Å². The Hall–Kier alpha value is -2.11. The zero-order chi connectivity index (χ0) is 18.7. The lowest BCUT2D eigenvalue weighted by Crippen LogP contribution is -2.50. The van der Waals surface area contributed by atoms with E-state index in [4.69, 9.17) is 11.6 Å². The molecule has 0 saturated carbocycles. The second-order valence-corrected chi connectivity index (χ2v) is 7.31. The number of ketones is 1. The fourth-order valence-electron chi connectivity index (χ4n) is 3.35. The van der Waals surface area contributed by atoms with Crippen LogP contribution < -0.4 is 0 Å². The third-order valence-electron chi connectivity index (χ3n) is 4.81. The van der Waals surface area contributed by atoms with E-state index in [1.165, 1.54) is 0 Å². The number of aromatic amines is 1. The van der Waals surface area contributed by atoms with Gasteiger partial charge in [0.2, 0.25) is 5.91 Å². The van der Waals surface area contributed by atoms with E-state index in [0.717, 1.165) is 35.6 Å². The predicted molar refractivity (Wildman–Crippen MR) is 103 cm³/mol. The smallest absolute Gasteiger partial charge is 0.227 e. The molecule has 1 amide bonds. The summed E-state index contributed by atoms with van der Waals surface area (Å²) in [5.74, 6) is 0.253. The number of benzene rings is 1. The zero-order valence-corrected chi connectivity index (χ0v) is 16.0. The summed E-state index contributed by atoms with van der Waals surface area (Å²) in [5.41, 5.74) is 3.66. The fraction of sp³-hybridized carbons (Fsp3) is 0.400. The number of carbonyl (C=O) groups excluding carboxylic acids is 2. The molecule has 1 aromatic carbocycles. The highest BCUT2D eigenvalue weighted by Crippen LogP contribution is 2.14. The lowest BCUT2D eigenvalue weighted by molar-refractivity contribution is -0.132. The monoisotopic (exact) mass is 373 g/mol. The number of Topliss-reactive ketones (excluding diaryl/α,β-unsaturated/α-hetero) is 1. The molecule has 1 fully saturated rings. The minimum absolute atomic E-state index is 0.121. The lowest BCUT2D eigenvalue weighted by atomic mass is 10.1. The Morgan fingerprint density at radius 1 is 1.08 bits per heavy atom. The highest BCUT2D eigenvalue weighted by Gasteiger charge is 2.23. The fourth-order valence-corrected chi connectivity index (χ4v) is 3.47. The first kappa shape index (κ1) is 18.7. The number of halogens is 1. The quantitative estimate of drug-likeness (QED) is 0.820. The number of rotatable bonds is 5. The summed E-state index contributed by atoms with van der Waals surface area (Å²) in [6, 6.07) is 9.28. The van der Waals surface area contributed by atoms with Crippen molar-refractivity contribution in [2.75, 3.05) is 32.7 Å². The van der Waals surface area contributed by atoms with Gasteiger partial charge in [-0.15, -0.1) is 0 Å². The minimum atomic E-state index is 0.121. The number of carbonyl (C=O) groups is 2. The first-order valence-electron chi connectivity index (χ1n) is 8.86. The summed E-state index contributed by atoms with van der Waals surface area (Å²) < 4.78 is 0. The molecule has 1 aliphatic heterocycles. The van der Waals surface area contributed by atoms with Crippen LogP contribution in [0, 0.1) is 13.8 Å². The molecule has 5 nitrogen and oxygen atoms in total. The Morgan fingerprint density at radius 3 is 2.31 bits per heavy atom. The normalized spacial score (nSPS) is 15.3. The van der Waals surface area contributed by atoms with Gasteiger partial charge in [0.1, 0.15) is 0 Å². The Morgan fingerprint density at radius 2 is 1.73 bits per heavy atom. The number of H-pyrrole nitrogens is 1. The number of hydrogen-bond donors (Lipinski definition) is 1. The van der Waals surface area contributed by atoms with E-state index in [9.17, 15) is 9.59 Å². The third-order valence-corrected chi connectivity index (χ3v) is 5.06. The maximum atomic E-state index is 12.5. The Labute approximate surface area is 158 Å². The second kappa shape index (κ2) is 8.06. The van der Waals surface area contributed by atoms with Crippen molar-refractivity contribution < 1.29 is 9.59 Å². The number of aromatic nitrogens is 1. The van der Waals surface area contributed by atoms with E-state index < -0.39 is 0 Å². The molecule has 0 bridgehead atoms. The molecule has 2 aromatic rings. The average Bonchev–Trinajstić information content (AvgIpc) is 2.96. The van der Waals surface area contributed by atoms with Crippen LogP contribution in [0.4, 0.5) is 0 Å². The van der Waals surface area contributed by atoms with Crippen LogP contribution in [0.1, 0.15) is 27.3 Å². The van der Waals surface area contributed by atoms with Gasteiger partial charge in [-0.3, -0.25) is 14.5 Å². The summed E-state index contributed by atoms with van der Waals surface area (Å²) in [6.07, 6.45) is 0.387. The zero-order valence-electron chi connectivity index (χ0n) is 15.2. The molecule has 0 spiro atoms. The van der Waals surface area contributed by atoms with Crippen molar-refractivity contribution in [2.24, 2.45) is 0 Å². The summed E-state index contributed by atoms with van der Waals surface area (Å²) in [6.45, 7) is 7.04. The van der Waals surface area contributed by atoms with Gasteiger partial charge in [-0.2, -0.15) is 0 Å². The molecule has 138 valence electrons. The van der Waals surface area contributed by atoms with Gasteiger partial charge in [0.05, 0.1) is 13.0 Å². The van der Waals surface area contributed by atoms with Crippen molar-refractivity contribution in [2.45, 2.75) is 20.3 Å². The standard InChI is InChI=1S/C20H24ClN3O2/c1-14-11-18(15(2)22-14)19(25)13-23-7-9-24(10-8-23)20(26)12-16-3-5-17(21)6-4-16/h3-6,11,22H,7-10,12-13H2,1-2H3. The third kappa shape index (κ3) is 4.54.